The van der Waals surface area contributed by atoms with E-state index < -0.39 is 0 Å². The Balaban J connectivity index is 1.48. The van der Waals surface area contributed by atoms with E-state index in [9.17, 15) is 9.59 Å². The molecule has 146 valence electrons. The number of piperidine rings is 1. The van der Waals surface area contributed by atoms with Gasteiger partial charge in [-0.05, 0) is 39.7 Å². The summed E-state index contributed by atoms with van der Waals surface area (Å²) in [4.78, 5) is 36.3. The Bertz CT molecular complexity index is 1080. The van der Waals surface area contributed by atoms with E-state index in [1.54, 1.807) is 17.5 Å². The number of carbonyl (C=O) groups is 2. The zero-order valence-corrected chi connectivity index (χ0v) is 17.3. The molecule has 0 aliphatic carbocycles. The summed E-state index contributed by atoms with van der Waals surface area (Å²) in [6, 6.07) is 3.71. The van der Waals surface area contributed by atoms with Gasteiger partial charge in [0.1, 0.15) is 0 Å². The van der Waals surface area contributed by atoms with E-state index in [-0.39, 0.29) is 11.7 Å². The fourth-order valence-corrected chi connectivity index (χ4v) is 4.93. The molecule has 0 N–H and O–H groups in total. The lowest BCUT2D eigenvalue weighted by atomic mass is 9.97. The molecule has 0 bridgehead atoms. The molecule has 0 spiro atoms. The van der Waals surface area contributed by atoms with Crippen molar-refractivity contribution in [3.63, 3.8) is 0 Å². The second-order valence-corrected chi connectivity index (χ2v) is 8.46. The average Bonchev–Trinajstić information content (AvgIpc) is 3.25. The minimum Gasteiger partial charge on any atom is -0.337 e. The number of amides is 1. The summed E-state index contributed by atoms with van der Waals surface area (Å²) in [5.74, 6) is 0.314. The smallest absolute Gasteiger partial charge is 0.274 e. The normalized spacial score (nSPS) is 15.4. The summed E-state index contributed by atoms with van der Waals surface area (Å²) in [7, 11) is 0. The van der Waals surface area contributed by atoms with E-state index in [0.29, 0.717) is 30.3 Å². The Morgan fingerprint density at radius 3 is 2.46 bits per heavy atom. The van der Waals surface area contributed by atoms with Crippen LogP contribution in [-0.2, 0) is 0 Å². The van der Waals surface area contributed by atoms with Crippen molar-refractivity contribution < 1.29 is 9.59 Å². The number of hydrogen-bond acceptors (Lipinski definition) is 6. The second kappa shape index (κ2) is 7.09. The summed E-state index contributed by atoms with van der Waals surface area (Å²) < 4.78 is 1.72. The van der Waals surface area contributed by atoms with E-state index in [1.807, 2.05) is 31.7 Å². The maximum Gasteiger partial charge on any atom is 0.274 e. The number of Topliss-reactive ketones (excluding diaryl/α,β-unsaturated/α-hetero) is 1. The molecule has 0 unspecified atom stereocenters. The third-order valence-electron chi connectivity index (χ3n) is 5.22. The molecule has 7 nitrogen and oxygen atoms in total. The number of carbonyl (C=O) groups excluding carboxylic acids is 2. The van der Waals surface area contributed by atoms with E-state index in [4.69, 9.17) is 0 Å². The molecule has 1 fully saturated rings. The summed E-state index contributed by atoms with van der Waals surface area (Å²) in [6.45, 7) is 8.69. The first-order valence-corrected chi connectivity index (χ1v) is 10.3. The van der Waals surface area contributed by atoms with Crippen molar-refractivity contribution in [1.82, 2.24) is 24.5 Å². The number of thiazole rings is 1. The predicted molar refractivity (Wildman–Crippen MR) is 107 cm³/mol. The Hall–Kier alpha value is -2.61. The summed E-state index contributed by atoms with van der Waals surface area (Å²) in [6.07, 6.45) is 1.69. The molecule has 8 heteroatoms. The van der Waals surface area contributed by atoms with Crippen LogP contribution in [0.25, 0.3) is 5.65 Å². The van der Waals surface area contributed by atoms with Gasteiger partial charge in [-0.2, -0.15) is 5.10 Å². The summed E-state index contributed by atoms with van der Waals surface area (Å²) >= 11 is 1.50. The largest absolute Gasteiger partial charge is 0.337 e. The molecular weight excluding hydrogens is 374 g/mol. The van der Waals surface area contributed by atoms with Crippen LogP contribution in [0.1, 0.15) is 67.9 Å². The van der Waals surface area contributed by atoms with Crippen LogP contribution in [0.3, 0.4) is 0 Å². The molecule has 4 rings (SSSR count). The monoisotopic (exact) mass is 397 g/mol. The molecule has 1 aliphatic heterocycles. The van der Waals surface area contributed by atoms with Gasteiger partial charge >= 0.3 is 0 Å². The third kappa shape index (κ3) is 3.32. The number of likely N-dealkylation sites (tertiary alicyclic amines) is 1. The van der Waals surface area contributed by atoms with Crippen molar-refractivity contribution in [1.29, 1.82) is 0 Å². The van der Waals surface area contributed by atoms with Gasteiger partial charge in [0.15, 0.2) is 17.1 Å². The van der Waals surface area contributed by atoms with Crippen molar-refractivity contribution in [3.05, 3.63) is 44.8 Å². The first kappa shape index (κ1) is 18.7. The van der Waals surface area contributed by atoms with Crippen LogP contribution < -0.4 is 0 Å². The molecule has 1 saturated heterocycles. The standard InChI is InChI=1S/C20H23N5O2S/c1-11-9-12(2)25-17(21-11)10-16(23-25)20(27)24-7-5-15(6-8-24)19-22-13(3)18(28-19)14(4)26/h9-10,15H,5-8H2,1-4H3. The highest BCUT2D eigenvalue weighted by molar-refractivity contribution is 7.13. The maximum atomic E-state index is 12.9. The van der Waals surface area contributed by atoms with E-state index >= 15 is 0 Å². The first-order chi connectivity index (χ1) is 13.3. The van der Waals surface area contributed by atoms with Gasteiger partial charge in [-0.25, -0.2) is 14.5 Å². The molecule has 28 heavy (non-hydrogen) atoms. The number of aryl methyl sites for hydroxylation is 3. The van der Waals surface area contributed by atoms with Gasteiger partial charge in [0.05, 0.1) is 15.6 Å². The fourth-order valence-electron chi connectivity index (χ4n) is 3.80. The Morgan fingerprint density at radius 1 is 1.11 bits per heavy atom. The van der Waals surface area contributed by atoms with E-state index in [2.05, 4.69) is 15.1 Å². The highest BCUT2D eigenvalue weighted by Gasteiger charge is 2.28. The third-order valence-corrected chi connectivity index (χ3v) is 6.64. The highest BCUT2D eigenvalue weighted by atomic mass is 32.1. The quantitative estimate of drug-likeness (QED) is 0.633. The molecule has 3 aromatic heterocycles. The first-order valence-electron chi connectivity index (χ1n) is 9.45. The molecule has 0 atom stereocenters. The number of fused-ring (bicyclic) bond motifs is 1. The zero-order valence-electron chi connectivity index (χ0n) is 16.5. The van der Waals surface area contributed by atoms with Crippen LogP contribution in [0.15, 0.2) is 12.1 Å². The van der Waals surface area contributed by atoms with Gasteiger partial charge < -0.3 is 4.90 Å². The molecule has 1 amide bonds. The number of ketones is 1. The number of rotatable bonds is 3. The van der Waals surface area contributed by atoms with Crippen LogP contribution in [0.2, 0.25) is 0 Å². The van der Waals surface area contributed by atoms with Crippen LogP contribution in [0, 0.1) is 20.8 Å². The van der Waals surface area contributed by atoms with Gasteiger partial charge in [-0.1, -0.05) is 0 Å². The molecule has 0 aromatic carbocycles. The van der Waals surface area contributed by atoms with Gasteiger partial charge in [-0.3, -0.25) is 9.59 Å². The molecular formula is C20H23N5O2S. The lowest BCUT2D eigenvalue weighted by molar-refractivity contribution is 0.0706. The lowest BCUT2D eigenvalue weighted by Crippen LogP contribution is -2.38. The fraction of sp³-hybridized carbons (Fsp3) is 0.450. The van der Waals surface area contributed by atoms with Crippen molar-refractivity contribution in [2.24, 2.45) is 0 Å². The Labute approximate surface area is 167 Å². The van der Waals surface area contributed by atoms with Crippen LogP contribution >= 0.6 is 11.3 Å². The second-order valence-electron chi connectivity index (χ2n) is 7.43. The minimum absolute atomic E-state index is 0.0549. The molecule has 0 saturated carbocycles. The van der Waals surface area contributed by atoms with E-state index in [1.165, 1.54) is 11.3 Å². The van der Waals surface area contributed by atoms with Crippen LogP contribution in [0.5, 0.6) is 0 Å². The topological polar surface area (TPSA) is 80.5 Å². The summed E-state index contributed by atoms with van der Waals surface area (Å²) in [5, 5.41) is 5.47. The van der Waals surface area contributed by atoms with E-state index in [0.717, 1.165) is 39.8 Å². The molecule has 0 radical (unpaired) electrons. The zero-order chi connectivity index (χ0) is 20.0. The Kier molecular flexibility index (Phi) is 4.74. The van der Waals surface area contributed by atoms with Crippen LogP contribution in [-0.4, -0.2) is 49.3 Å². The number of nitrogens with zero attached hydrogens (tertiary/aromatic N) is 5. The van der Waals surface area contributed by atoms with Crippen molar-refractivity contribution in [2.45, 2.75) is 46.5 Å². The molecule has 1 aliphatic rings. The summed E-state index contributed by atoms with van der Waals surface area (Å²) in [5.41, 5.74) is 3.82. The van der Waals surface area contributed by atoms with Gasteiger partial charge in [0.25, 0.3) is 5.91 Å². The van der Waals surface area contributed by atoms with Gasteiger partial charge in [-0.15, -0.1) is 11.3 Å². The van der Waals surface area contributed by atoms with Crippen molar-refractivity contribution in [3.8, 4) is 0 Å². The average molecular weight is 398 g/mol. The van der Waals surface area contributed by atoms with Crippen molar-refractivity contribution >= 4 is 28.7 Å². The Morgan fingerprint density at radius 2 is 1.82 bits per heavy atom. The predicted octanol–water partition coefficient (Wildman–Crippen LogP) is 3.33. The SMILES string of the molecule is CC(=O)c1sc(C2CCN(C(=O)c3cc4nc(C)cc(C)n4n3)CC2)nc1C. The van der Waals surface area contributed by atoms with Gasteiger partial charge in [0.2, 0.25) is 0 Å². The number of aromatic nitrogens is 4. The van der Waals surface area contributed by atoms with Crippen molar-refractivity contribution in [2.75, 3.05) is 13.1 Å². The van der Waals surface area contributed by atoms with Crippen LogP contribution in [0.4, 0.5) is 0 Å². The maximum absolute atomic E-state index is 12.9. The minimum atomic E-state index is -0.0549. The molecule has 3 aromatic rings. The molecule has 4 heterocycles. The highest BCUT2D eigenvalue weighted by Crippen LogP contribution is 2.33. The number of hydrogen-bond donors (Lipinski definition) is 0. The van der Waals surface area contributed by atoms with Gasteiger partial charge in [0, 0.05) is 43.4 Å². The lowest BCUT2D eigenvalue weighted by Gasteiger charge is -2.30.